The van der Waals surface area contributed by atoms with Crippen LogP contribution in [0.25, 0.3) is 0 Å². The summed E-state index contributed by atoms with van der Waals surface area (Å²) in [5.74, 6) is 6.22. The zero-order valence-corrected chi connectivity index (χ0v) is 10.2. The minimum atomic E-state index is -0.293. The standard InChI is InChI=1S/C10H22N4O2/c1-10(2)6-15-9(16-7-10)5-14(12)4-8(11)13-3/h4,9,13H,5-7,11-12H2,1-3H3/b8-4+. The number of rotatable bonds is 4. The van der Waals surface area contributed by atoms with Crippen LogP contribution in [-0.4, -0.2) is 38.1 Å². The molecule has 0 unspecified atom stereocenters. The fraction of sp³-hybridized carbons (Fsp3) is 0.800. The molecule has 94 valence electrons. The summed E-state index contributed by atoms with van der Waals surface area (Å²) >= 11 is 0. The second-order valence-electron chi connectivity index (χ2n) is 4.75. The minimum Gasteiger partial charge on any atom is -0.384 e. The van der Waals surface area contributed by atoms with Crippen molar-refractivity contribution in [1.29, 1.82) is 0 Å². The van der Waals surface area contributed by atoms with Gasteiger partial charge < -0.3 is 25.5 Å². The van der Waals surface area contributed by atoms with E-state index in [1.54, 1.807) is 13.2 Å². The molecule has 0 radical (unpaired) electrons. The first kappa shape index (κ1) is 13.1. The van der Waals surface area contributed by atoms with Crippen molar-refractivity contribution in [1.82, 2.24) is 10.3 Å². The lowest BCUT2D eigenvalue weighted by Crippen LogP contribution is -2.44. The fourth-order valence-corrected chi connectivity index (χ4v) is 1.30. The average molecular weight is 230 g/mol. The maximum atomic E-state index is 5.73. The topological polar surface area (TPSA) is 85.8 Å². The molecule has 1 saturated heterocycles. The first-order chi connectivity index (χ1) is 7.43. The van der Waals surface area contributed by atoms with Crippen LogP contribution < -0.4 is 16.9 Å². The monoisotopic (exact) mass is 230 g/mol. The predicted molar refractivity (Wildman–Crippen MR) is 61.7 cm³/mol. The third-order valence-corrected chi connectivity index (χ3v) is 2.27. The molecule has 6 nitrogen and oxygen atoms in total. The summed E-state index contributed by atoms with van der Waals surface area (Å²) in [7, 11) is 1.73. The van der Waals surface area contributed by atoms with Gasteiger partial charge in [-0.2, -0.15) is 0 Å². The van der Waals surface area contributed by atoms with Crippen molar-refractivity contribution in [3.8, 4) is 0 Å². The number of nitrogens with one attached hydrogen (secondary N) is 1. The molecule has 1 heterocycles. The molecule has 0 aromatic rings. The van der Waals surface area contributed by atoms with Crippen LogP contribution in [0.15, 0.2) is 12.0 Å². The molecule has 1 aliphatic rings. The Kier molecular flexibility index (Phi) is 4.40. The van der Waals surface area contributed by atoms with E-state index in [4.69, 9.17) is 21.1 Å². The molecule has 5 N–H and O–H groups in total. The highest BCUT2D eigenvalue weighted by molar-refractivity contribution is 4.90. The lowest BCUT2D eigenvalue weighted by atomic mass is 9.96. The highest BCUT2D eigenvalue weighted by Crippen LogP contribution is 2.22. The summed E-state index contributed by atoms with van der Waals surface area (Å²) in [6, 6.07) is 0. The van der Waals surface area contributed by atoms with Gasteiger partial charge in [-0.25, -0.2) is 5.84 Å². The number of hydrogen-bond donors (Lipinski definition) is 3. The van der Waals surface area contributed by atoms with Crippen LogP contribution in [0, 0.1) is 5.41 Å². The van der Waals surface area contributed by atoms with E-state index in [1.165, 1.54) is 5.01 Å². The average Bonchev–Trinajstić information content (AvgIpc) is 2.21. The van der Waals surface area contributed by atoms with Crippen molar-refractivity contribution in [2.24, 2.45) is 17.0 Å². The zero-order chi connectivity index (χ0) is 12.2. The van der Waals surface area contributed by atoms with Crippen molar-refractivity contribution < 1.29 is 9.47 Å². The number of hydrazine groups is 1. The van der Waals surface area contributed by atoms with Gasteiger partial charge in [0.1, 0.15) is 5.82 Å². The molecule has 0 bridgehead atoms. The van der Waals surface area contributed by atoms with Crippen molar-refractivity contribution >= 4 is 0 Å². The Morgan fingerprint density at radius 2 is 2.06 bits per heavy atom. The Hall–Kier alpha value is -0.980. The Morgan fingerprint density at radius 1 is 1.50 bits per heavy atom. The molecule has 1 rings (SSSR count). The van der Waals surface area contributed by atoms with E-state index < -0.39 is 0 Å². The lowest BCUT2D eigenvalue weighted by Gasteiger charge is -2.35. The highest BCUT2D eigenvalue weighted by Gasteiger charge is 2.28. The molecule has 0 aromatic carbocycles. The number of hydrogen-bond acceptors (Lipinski definition) is 6. The van der Waals surface area contributed by atoms with E-state index in [2.05, 4.69) is 19.2 Å². The molecule has 16 heavy (non-hydrogen) atoms. The molecule has 0 saturated carbocycles. The van der Waals surface area contributed by atoms with Crippen LogP contribution >= 0.6 is 0 Å². The van der Waals surface area contributed by atoms with Gasteiger partial charge in [-0.15, -0.1) is 0 Å². The molecule has 0 amide bonds. The second kappa shape index (κ2) is 5.38. The third-order valence-electron chi connectivity index (χ3n) is 2.27. The number of nitrogens with two attached hydrogens (primary N) is 2. The Balaban J connectivity index is 2.34. The summed E-state index contributed by atoms with van der Waals surface area (Å²) < 4.78 is 11.1. The van der Waals surface area contributed by atoms with E-state index >= 15 is 0 Å². The number of nitrogens with zero attached hydrogens (tertiary/aromatic N) is 1. The first-order valence-corrected chi connectivity index (χ1v) is 5.32. The van der Waals surface area contributed by atoms with Gasteiger partial charge in [-0.3, -0.25) is 0 Å². The smallest absolute Gasteiger partial charge is 0.176 e. The molecular formula is C10H22N4O2. The summed E-state index contributed by atoms with van der Waals surface area (Å²) in [5, 5.41) is 4.23. The fourth-order valence-electron chi connectivity index (χ4n) is 1.30. The van der Waals surface area contributed by atoms with Gasteiger partial charge in [-0.05, 0) is 0 Å². The first-order valence-electron chi connectivity index (χ1n) is 5.32. The Bertz CT molecular complexity index is 245. The van der Waals surface area contributed by atoms with Crippen molar-refractivity contribution in [2.45, 2.75) is 20.1 Å². The van der Waals surface area contributed by atoms with E-state index in [0.29, 0.717) is 25.6 Å². The summed E-state index contributed by atoms with van der Waals surface area (Å²) in [4.78, 5) is 0. The van der Waals surface area contributed by atoms with Crippen LogP contribution in [0.5, 0.6) is 0 Å². The maximum Gasteiger partial charge on any atom is 0.176 e. The summed E-state index contributed by atoms with van der Waals surface area (Å²) in [5.41, 5.74) is 5.65. The van der Waals surface area contributed by atoms with Gasteiger partial charge in [0.05, 0.1) is 26.0 Å². The molecule has 0 aliphatic carbocycles. The van der Waals surface area contributed by atoms with Crippen LogP contribution in [-0.2, 0) is 9.47 Å². The van der Waals surface area contributed by atoms with Gasteiger partial charge in [-0.1, -0.05) is 13.8 Å². The minimum absolute atomic E-state index is 0.0791. The molecular weight excluding hydrogens is 208 g/mol. The maximum absolute atomic E-state index is 5.73. The lowest BCUT2D eigenvalue weighted by molar-refractivity contribution is -0.225. The van der Waals surface area contributed by atoms with Crippen molar-refractivity contribution in [2.75, 3.05) is 26.8 Å². The van der Waals surface area contributed by atoms with Gasteiger partial charge in [0.2, 0.25) is 0 Å². The SMILES string of the molecule is CN/C(N)=C/N(N)CC1OCC(C)(C)CO1. The predicted octanol–water partition coefficient (Wildman–Crippen LogP) is -0.462. The van der Waals surface area contributed by atoms with E-state index in [-0.39, 0.29) is 11.7 Å². The normalized spacial score (nSPS) is 21.9. The molecule has 0 aromatic heterocycles. The van der Waals surface area contributed by atoms with Crippen LogP contribution in [0.4, 0.5) is 0 Å². The highest BCUT2D eigenvalue weighted by atomic mass is 16.7. The molecule has 1 fully saturated rings. The van der Waals surface area contributed by atoms with E-state index in [0.717, 1.165) is 0 Å². The van der Waals surface area contributed by atoms with Crippen LogP contribution in [0.1, 0.15) is 13.8 Å². The second-order valence-corrected chi connectivity index (χ2v) is 4.75. The van der Waals surface area contributed by atoms with Crippen LogP contribution in [0.2, 0.25) is 0 Å². The largest absolute Gasteiger partial charge is 0.384 e. The quantitative estimate of drug-likeness (QED) is 0.447. The molecule has 1 aliphatic heterocycles. The van der Waals surface area contributed by atoms with Crippen molar-refractivity contribution in [3.05, 3.63) is 12.0 Å². The van der Waals surface area contributed by atoms with Gasteiger partial charge in [0, 0.05) is 12.5 Å². The van der Waals surface area contributed by atoms with E-state index in [1.807, 2.05) is 0 Å². The van der Waals surface area contributed by atoms with Gasteiger partial charge in [0.15, 0.2) is 6.29 Å². The Morgan fingerprint density at radius 3 is 2.56 bits per heavy atom. The molecule has 0 spiro atoms. The van der Waals surface area contributed by atoms with Gasteiger partial charge >= 0.3 is 0 Å². The zero-order valence-electron chi connectivity index (χ0n) is 10.2. The van der Waals surface area contributed by atoms with Gasteiger partial charge in [0.25, 0.3) is 0 Å². The van der Waals surface area contributed by atoms with Crippen molar-refractivity contribution in [3.63, 3.8) is 0 Å². The molecule has 0 atom stereocenters. The van der Waals surface area contributed by atoms with E-state index in [9.17, 15) is 0 Å². The Labute approximate surface area is 96.5 Å². The van der Waals surface area contributed by atoms with Crippen LogP contribution in [0.3, 0.4) is 0 Å². The summed E-state index contributed by atoms with van der Waals surface area (Å²) in [6.07, 6.45) is 1.31. The molecule has 6 heteroatoms. The summed E-state index contributed by atoms with van der Waals surface area (Å²) in [6.45, 7) is 6.01. The third kappa shape index (κ3) is 4.26. The number of ether oxygens (including phenoxy) is 2.